The number of carbonyl (C=O) groups excluding carboxylic acids is 1. The van der Waals surface area contributed by atoms with Gasteiger partial charge in [-0.3, -0.25) is 4.79 Å². The van der Waals surface area contributed by atoms with E-state index in [1.165, 1.54) is 0 Å². The molecule has 0 atom stereocenters. The van der Waals surface area contributed by atoms with Crippen LogP contribution in [0.15, 0.2) is 36.4 Å². The van der Waals surface area contributed by atoms with Crippen molar-refractivity contribution in [2.24, 2.45) is 5.73 Å². The maximum Gasteiger partial charge on any atom is 0.245 e. The van der Waals surface area contributed by atoms with Crippen molar-refractivity contribution in [3.63, 3.8) is 0 Å². The lowest BCUT2D eigenvalue weighted by Gasteiger charge is -2.31. The summed E-state index contributed by atoms with van der Waals surface area (Å²) in [6.45, 7) is 1.05. The molecule has 1 aromatic heterocycles. The minimum Gasteiger partial charge on any atom is -0.381 e. The van der Waals surface area contributed by atoms with Crippen LogP contribution in [0.2, 0.25) is 0 Å². The van der Waals surface area contributed by atoms with Gasteiger partial charge in [0.05, 0.1) is 5.52 Å². The Morgan fingerprint density at radius 2 is 1.95 bits per heavy atom. The molecule has 2 heterocycles. The Morgan fingerprint density at radius 3 is 2.75 bits per heavy atom. The fourth-order valence-electron chi connectivity index (χ4n) is 2.34. The standard InChI is InChI=1S/C15H17N3O2/c16-15(7-9-20-10-8-15)14(19)18-13-6-5-11-3-1-2-4-12(11)17-13/h1-6H,7-10,16H2,(H,17,18,19). The van der Waals surface area contributed by atoms with Crippen LogP contribution in [0.4, 0.5) is 5.82 Å². The quantitative estimate of drug-likeness (QED) is 0.871. The van der Waals surface area contributed by atoms with Crippen molar-refractivity contribution in [1.29, 1.82) is 0 Å². The average molecular weight is 271 g/mol. The minimum atomic E-state index is -0.856. The number of pyridine rings is 1. The fourth-order valence-corrected chi connectivity index (χ4v) is 2.34. The van der Waals surface area contributed by atoms with E-state index in [2.05, 4.69) is 10.3 Å². The number of rotatable bonds is 2. The molecule has 0 aliphatic carbocycles. The summed E-state index contributed by atoms with van der Waals surface area (Å²) in [7, 11) is 0. The molecule has 1 aliphatic rings. The van der Waals surface area contributed by atoms with E-state index in [9.17, 15) is 4.79 Å². The van der Waals surface area contributed by atoms with Crippen LogP contribution in [0.1, 0.15) is 12.8 Å². The molecule has 2 aromatic rings. The van der Waals surface area contributed by atoms with Gasteiger partial charge < -0.3 is 15.8 Å². The van der Waals surface area contributed by atoms with Crippen molar-refractivity contribution in [3.05, 3.63) is 36.4 Å². The molecule has 0 radical (unpaired) electrons. The van der Waals surface area contributed by atoms with Gasteiger partial charge in [-0.15, -0.1) is 0 Å². The van der Waals surface area contributed by atoms with Crippen molar-refractivity contribution in [1.82, 2.24) is 4.98 Å². The molecule has 3 N–H and O–H groups in total. The molecule has 1 amide bonds. The predicted molar refractivity (Wildman–Crippen MR) is 77.3 cm³/mol. The van der Waals surface area contributed by atoms with Crippen LogP contribution in [0.3, 0.4) is 0 Å². The Morgan fingerprint density at radius 1 is 1.20 bits per heavy atom. The van der Waals surface area contributed by atoms with Gasteiger partial charge in [0.1, 0.15) is 11.4 Å². The van der Waals surface area contributed by atoms with E-state index in [0.717, 1.165) is 10.9 Å². The smallest absolute Gasteiger partial charge is 0.245 e. The molecule has 0 unspecified atom stereocenters. The first kappa shape index (κ1) is 13.0. The van der Waals surface area contributed by atoms with E-state index in [-0.39, 0.29) is 5.91 Å². The number of amides is 1. The van der Waals surface area contributed by atoms with Crippen molar-refractivity contribution in [2.45, 2.75) is 18.4 Å². The number of hydrogen-bond donors (Lipinski definition) is 2. The number of nitrogens with two attached hydrogens (primary N) is 1. The highest BCUT2D eigenvalue weighted by atomic mass is 16.5. The predicted octanol–water partition coefficient (Wildman–Crippen LogP) is 1.68. The fraction of sp³-hybridized carbons (Fsp3) is 0.333. The molecule has 20 heavy (non-hydrogen) atoms. The van der Waals surface area contributed by atoms with Crippen molar-refractivity contribution >= 4 is 22.6 Å². The summed E-state index contributed by atoms with van der Waals surface area (Å²) in [5.41, 5.74) is 6.14. The van der Waals surface area contributed by atoms with Gasteiger partial charge in [0.25, 0.3) is 0 Å². The highest BCUT2D eigenvalue weighted by molar-refractivity contribution is 5.98. The lowest BCUT2D eigenvalue weighted by molar-refractivity contribution is -0.124. The largest absolute Gasteiger partial charge is 0.381 e. The Hall–Kier alpha value is -1.98. The maximum absolute atomic E-state index is 12.3. The molecule has 104 valence electrons. The SMILES string of the molecule is NC1(C(=O)Nc2ccc3ccccc3n2)CCOCC1. The van der Waals surface area contributed by atoms with Crippen LogP contribution < -0.4 is 11.1 Å². The van der Waals surface area contributed by atoms with E-state index >= 15 is 0 Å². The molecule has 1 fully saturated rings. The van der Waals surface area contributed by atoms with Gasteiger partial charge in [0.2, 0.25) is 5.91 Å². The second-order valence-electron chi connectivity index (χ2n) is 5.11. The van der Waals surface area contributed by atoms with Gasteiger partial charge in [-0.05, 0) is 31.0 Å². The lowest BCUT2D eigenvalue weighted by Crippen LogP contribution is -2.54. The van der Waals surface area contributed by atoms with Gasteiger partial charge in [-0.2, -0.15) is 0 Å². The number of ether oxygens (including phenoxy) is 1. The second kappa shape index (κ2) is 5.19. The van der Waals surface area contributed by atoms with E-state index < -0.39 is 5.54 Å². The van der Waals surface area contributed by atoms with E-state index in [1.807, 2.05) is 30.3 Å². The minimum absolute atomic E-state index is 0.191. The van der Waals surface area contributed by atoms with Gasteiger partial charge in [-0.25, -0.2) is 4.98 Å². The first-order valence-electron chi connectivity index (χ1n) is 6.71. The van der Waals surface area contributed by atoms with Gasteiger partial charge in [-0.1, -0.05) is 18.2 Å². The summed E-state index contributed by atoms with van der Waals surface area (Å²) in [4.78, 5) is 16.7. The normalized spacial score (nSPS) is 17.9. The first-order chi connectivity index (χ1) is 9.67. The number of hydrogen-bond acceptors (Lipinski definition) is 4. The second-order valence-corrected chi connectivity index (χ2v) is 5.11. The summed E-state index contributed by atoms with van der Waals surface area (Å²) in [5, 5.41) is 3.85. The molecule has 0 bridgehead atoms. The Balaban J connectivity index is 1.80. The maximum atomic E-state index is 12.3. The molecular weight excluding hydrogens is 254 g/mol. The van der Waals surface area contributed by atoms with Crippen LogP contribution in [-0.2, 0) is 9.53 Å². The van der Waals surface area contributed by atoms with Crippen LogP contribution in [0.25, 0.3) is 10.9 Å². The molecule has 5 nitrogen and oxygen atoms in total. The number of para-hydroxylation sites is 1. The zero-order chi connectivity index (χ0) is 14.0. The highest BCUT2D eigenvalue weighted by Crippen LogP contribution is 2.20. The monoisotopic (exact) mass is 271 g/mol. The number of carbonyl (C=O) groups is 1. The zero-order valence-corrected chi connectivity index (χ0v) is 11.1. The van der Waals surface area contributed by atoms with Crippen molar-refractivity contribution < 1.29 is 9.53 Å². The van der Waals surface area contributed by atoms with E-state index in [1.54, 1.807) is 6.07 Å². The van der Waals surface area contributed by atoms with Crippen LogP contribution in [0, 0.1) is 0 Å². The van der Waals surface area contributed by atoms with E-state index in [4.69, 9.17) is 10.5 Å². The zero-order valence-electron chi connectivity index (χ0n) is 11.1. The number of benzene rings is 1. The third-order valence-electron chi connectivity index (χ3n) is 3.68. The Labute approximate surface area is 117 Å². The third-order valence-corrected chi connectivity index (χ3v) is 3.68. The average Bonchev–Trinajstić information content (AvgIpc) is 2.48. The molecule has 1 aromatic carbocycles. The Bertz CT molecular complexity index is 636. The molecular formula is C15H17N3O2. The van der Waals surface area contributed by atoms with Crippen molar-refractivity contribution in [3.8, 4) is 0 Å². The summed E-state index contributed by atoms with van der Waals surface area (Å²) >= 11 is 0. The van der Waals surface area contributed by atoms with Crippen LogP contribution in [-0.4, -0.2) is 29.6 Å². The first-order valence-corrected chi connectivity index (χ1v) is 6.71. The number of nitrogens with zero attached hydrogens (tertiary/aromatic N) is 1. The molecule has 0 spiro atoms. The van der Waals surface area contributed by atoms with E-state index in [0.29, 0.717) is 31.9 Å². The van der Waals surface area contributed by atoms with Gasteiger partial charge >= 0.3 is 0 Å². The number of anilines is 1. The summed E-state index contributed by atoms with van der Waals surface area (Å²) in [5.74, 6) is 0.341. The molecule has 5 heteroatoms. The number of nitrogens with one attached hydrogen (secondary N) is 1. The van der Waals surface area contributed by atoms with Crippen LogP contribution >= 0.6 is 0 Å². The molecule has 1 saturated heterocycles. The number of fused-ring (bicyclic) bond motifs is 1. The van der Waals surface area contributed by atoms with Gasteiger partial charge in [0, 0.05) is 18.6 Å². The van der Waals surface area contributed by atoms with Crippen molar-refractivity contribution in [2.75, 3.05) is 18.5 Å². The molecule has 3 rings (SSSR count). The third kappa shape index (κ3) is 2.50. The highest BCUT2D eigenvalue weighted by Gasteiger charge is 2.36. The van der Waals surface area contributed by atoms with Gasteiger partial charge in [0.15, 0.2) is 0 Å². The molecule has 1 aliphatic heterocycles. The Kier molecular flexibility index (Phi) is 3.38. The van der Waals surface area contributed by atoms with Crippen LogP contribution in [0.5, 0.6) is 0 Å². The molecule has 0 saturated carbocycles. The topological polar surface area (TPSA) is 77.2 Å². The lowest BCUT2D eigenvalue weighted by atomic mass is 9.90. The summed E-state index contributed by atoms with van der Waals surface area (Å²) < 4.78 is 5.25. The summed E-state index contributed by atoms with van der Waals surface area (Å²) in [6, 6.07) is 11.5. The number of aromatic nitrogens is 1. The summed E-state index contributed by atoms with van der Waals surface area (Å²) in [6.07, 6.45) is 1.07.